The number of nitrogens with zero attached hydrogens (tertiary/aromatic N) is 2. The normalized spacial score (nSPS) is 9.83. The van der Waals surface area contributed by atoms with Gasteiger partial charge in [-0.05, 0) is 6.07 Å². The summed E-state index contributed by atoms with van der Waals surface area (Å²) in [5.41, 5.74) is 7.20. The molecule has 0 bridgehead atoms. The first-order valence-electron chi connectivity index (χ1n) is 3.77. The quantitative estimate of drug-likeness (QED) is 0.670. The molecule has 0 aliphatic rings. The molecule has 12 heavy (non-hydrogen) atoms. The maximum atomic E-state index is 8.69. The van der Waals surface area contributed by atoms with E-state index in [-0.39, 0.29) is 6.61 Å². The van der Waals surface area contributed by atoms with E-state index in [1.54, 1.807) is 12.4 Å². The summed E-state index contributed by atoms with van der Waals surface area (Å²) in [4.78, 5) is 5.76. The van der Waals surface area contributed by atoms with Gasteiger partial charge in [-0.1, -0.05) is 0 Å². The maximum absolute atomic E-state index is 8.69. The van der Waals surface area contributed by atoms with E-state index in [1.807, 2.05) is 18.0 Å². The summed E-state index contributed by atoms with van der Waals surface area (Å²) in [5, 5.41) is 8.69. The number of likely N-dealkylation sites (N-methyl/N-ethyl adjacent to an activating group) is 1. The molecule has 1 aromatic rings. The Morgan fingerprint density at radius 2 is 2.42 bits per heavy atom. The minimum absolute atomic E-state index is 0.123. The second-order valence-corrected chi connectivity index (χ2v) is 2.58. The minimum atomic E-state index is 0.123. The third-order valence-electron chi connectivity index (χ3n) is 1.67. The highest BCUT2D eigenvalue weighted by molar-refractivity contribution is 5.65. The van der Waals surface area contributed by atoms with Gasteiger partial charge in [0.05, 0.1) is 24.2 Å². The van der Waals surface area contributed by atoms with E-state index in [1.165, 1.54) is 0 Å². The fraction of sp³-hybridized carbons (Fsp3) is 0.375. The van der Waals surface area contributed by atoms with Crippen LogP contribution in [-0.4, -0.2) is 30.3 Å². The Kier molecular flexibility index (Phi) is 2.88. The van der Waals surface area contributed by atoms with Crippen LogP contribution in [0.15, 0.2) is 18.5 Å². The number of aromatic nitrogens is 1. The zero-order chi connectivity index (χ0) is 8.97. The molecule has 0 saturated carbocycles. The Morgan fingerprint density at radius 3 is 3.00 bits per heavy atom. The highest BCUT2D eigenvalue weighted by Crippen LogP contribution is 2.18. The monoisotopic (exact) mass is 167 g/mol. The molecular weight excluding hydrogens is 154 g/mol. The number of anilines is 2. The molecular formula is C8H13N3O. The fourth-order valence-corrected chi connectivity index (χ4v) is 1.02. The first-order valence-corrected chi connectivity index (χ1v) is 3.77. The Balaban J connectivity index is 2.79. The molecule has 0 saturated heterocycles. The van der Waals surface area contributed by atoms with Crippen molar-refractivity contribution in [3.8, 4) is 0 Å². The van der Waals surface area contributed by atoms with Crippen LogP contribution >= 0.6 is 0 Å². The molecule has 0 spiro atoms. The van der Waals surface area contributed by atoms with Crippen LogP contribution in [0.3, 0.4) is 0 Å². The average molecular weight is 167 g/mol. The van der Waals surface area contributed by atoms with Crippen LogP contribution in [0.1, 0.15) is 0 Å². The summed E-state index contributed by atoms with van der Waals surface area (Å²) in [7, 11) is 1.88. The Morgan fingerprint density at radius 1 is 1.67 bits per heavy atom. The predicted octanol–water partition coefficient (Wildman–Crippen LogP) is 0.0923. The van der Waals surface area contributed by atoms with Gasteiger partial charge in [0, 0.05) is 19.8 Å². The van der Waals surface area contributed by atoms with Gasteiger partial charge in [0.15, 0.2) is 0 Å². The molecule has 0 aromatic carbocycles. The third-order valence-corrected chi connectivity index (χ3v) is 1.67. The van der Waals surface area contributed by atoms with E-state index in [0.29, 0.717) is 12.2 Å². The topological polar surface area (TPSA) is 62.4 Å². The third kappa shape index (κ3) is 1.85. The molecule has 0 radical (unpaired) electrons. The van der Waals surface area contributed by atoms with Crippen LogP contribution in [0.5, 0.6) is 0 Å². The number of nitrogens with two attached hydrogens (primary N) is 1. The molecule has 0 atom stereocenters. The molecule has 1 aromatic heterocycles. The fourth-order valence-electron chi connectivity index (χ4n) is 1.02. The molecule has 4 heteroatoms. The van der Waals surface area contributed by atoms with E-state index >= 15 is 0 Å². The number of pyridine rings is 1. The number of hydrogen-bond acceptors (Lipinski definition) is 4. The van der Waals surface area contributed by atoms with Crippen LogP contribution in [0.2, 0.25) is 0 Å². The van der Waals surface area contributed by atoms with Crippen LogP contribution in [0.4, 0.5) is 11.4 Å². The summed E-state index contributed by atoms with van der Waals surface area (Å²) in [6.45, 7) is 0.701. The molecule has 3 N–H and O–H groups in total. The van der Waals surface area contributed by atoms with Gasteiger partial charge in [0.2, 0.25) is 0 Å². The van der Waals surface area contributed by atoms with Gasteiger partial charge >= 0.3 is 0 Å². The largest absolute Gasteiger partial charge is 0.396 e. The van der Waals surface area contributed by atoms with E-state index < -0.39 is 0 Å². The van der Waals surface area contributed by atoms with Crippen molar-refractivity contribution in [1.29, 1.82) is 0 Å². The smallest absolute Gasteiger partial charge is 0.0738 e. The summed E-state index contributed by atoms with van der Waals surface area (Å²) < 4.78 is 0. The lowest BCUT2D eigenvalue weighted by molar-refractivity contribution is 0.304. The van der Waals surface area contributed by atoms with Gasteiger partial charge in [-0.25, -0.2) is 0 Å². The first-order chi connectivity index (χ1) is 5.75. The maximum Gasteiger partial charge on any atom is 0.0738 e. The minimum Gasteiger partial charge on any atom is -0.396 e. The molecule has 0 aliphatic heterocycles. The van der Waals surface area contributed by atoms with Gasteiger partial charge in [-0.3, -0.25) is 4.98 Å². The molecule has 1 heterocycles. The summed E-state index contributed by atoms with van der Waals surface area (Å²) in [6.07, 6.45) is 3.28. The lowest BCUT2D eigenvalue weighted by atomic mass is 10.3. The lowest BCUT2D eigenvalue weighted by Crippen LogP contribution is -2.22. The van der Waals surface area contributed by atoms with Crippen molar-refractivity contribution in [1.82, 2.24) is 4.98 Å². The summed E-state index contributed by atoms with van der Waals surface area (Å²) in [6, 6.07) is 1.82. The van der Waals surface area contributed by atoms with E-state index in [0.717, 1.165) is 5.69 Å². The molecule has 0 unspecified atom stereocenters. The van der Waals surface area contributed by atoms with Crippen molar-refractivity contribution in [2.75, 3.05) is 30.8 Å². The molecule has 0 aliphatic carbocycles. The molecule has 4 nitrogen and oxygen atoms in total. The van der Waals surface area contributed by atoms with Gasteiger partial charge in [0.25, 0.3) is 0 Å². The lowest BCUT2D eigenvalue weighted by Gasteiger charge is -2.18. The van der Waals surface area contributed by atoms with Crippen molar-refractivity contribution < 1.29 is 5.11 Å². The number of aliphatic hydroxyl groups is 1. The number of rotatable bonds is 3. The zero-order valence-electron chi connectivity index (χ0n) is 7.07. The van der Waals surface area contributed by atoms with Crippen molar-refractivity contribution in [3.63, 3.8) is 0 Å². The van der Waals surface area contributed by atoms with Gasteiger partial charge in [0.1, 0.15) is 0 Å². The summed E-state index contributed by atoms with van der Waals surface area (Å²) in [5.74, 6) is 0. The Labute approximate surface area is 71.6 Å². The highest BCUT2D eigenvalue weighted by atomic mass is 16.3. The second-order valence-electron chi connectivity index (χ2n) is 2.58. The van der Waals surface area contributed by atoms with Crippen LogP contribution in [-0.2, 0) is 0 Å². The van der Waals surface area contributed by atoms with Crippen LogP contribution < -0.4 is 10.6 Å². The number of hydrogen-bond donors (Lipinski definition) is 2. The van der Waals surface area contributed by atoms with Gasteiger partial charge < -0.3 is 15.7 Å². The Hall–Kier alpha value is -1.29. The van der Waals surface area contributed by atoms with E-state index in [2.05, 4.69) is 4.98 Å². The molecule has 66 valence electrons. The molecule has 0 fully saturated rings. The van der Waals surface area contributed by atoms with Crippen LogP contribution in [0.25, 0.3) is 0 Å². The van der Waals surface area contributed by atoms with Crippen molar-refractivity contribution in [2.24, 2.45) is 0 Å². The SMILES string of the molecule is CN(CCO)c1ccncc1N. The predicted molar refractivity (Wildman–Crippen MR) is 49.0 cm³/mol. The molecule has 1 rings (SSSR count). The Bertz CT molecular complexity index is 252. The average Bonchev–Trinajstić information content (AvgIpc) is 2.05. The number of nitrogen functional groups attached to an aromatic ring is 1. The van der Waals surface area contributed by atoms with Gasteiger partial charge in [-0.2, -0.15) is 0 Å². The van der Waals surface area contributed by atoms with E-state index in [4.69, 9.17) is 10.8 Å². The first kappa shape index (κ1) is 8.80. The van der Waals surface area contributed by atoms with Crippen molar-refractivity contribution in [2.45, 2.75) is 0 Å². The summed E-state index contributed by atoms with van der Waals surface area (Å²) >= 11 is 0. The van der Waals surface area contributed by atoms with Crippen molar-refractivity contribution >= 4 is 11.4 Å². The molecule has 0 amide bonds. The van der Waals surface area contributed by atoms with Crippen LogP contribution in [0, 0.1) is 0 Å². The van der Waals surface area contributed by atoms with Crippen molar-refractivity contribution in [3.05, 3.63) is 18.5 Å². The second kappa shape index (κ2) is 3.92. The van der Waals surface area contributed by atoms with Gasteiger partial charge in [-0.15, -0.1) is 0 Å². The highest BCUT2D eigenvalue weighted by Gasteiger charge is 2.02. The standard InChI is InChI=1S/C8H13N3O/c1-11(4-5-12)8-2-3-10-6-7(8)9/h2-3,6,12H,4-5,9H2,1H3. The number of aliphatic hydroxyl groups excluding tert-OH is 1. The van der Waals surface area contributed by atoms with E-state index in [9.17, 15) is 0 Å². The zero-order valence-corrected chi connectivity index (χ0v) is 7.07.